The molecule has 0 atom stereocenters. The van der Waals surface area contributed by atoms with E-state index in [1.165, 1.54) is 4.90 Å². The minimum Gasteiger partial charge on any atom is -0.379 e. The number of fused-ring (bicyclic) bond motifs is 1. The molecule has 2 N–H and O–H groups in total. The molecule has 0 saturated carbocycles. The van der Waals surface area contributed by atoms with Crippen LogP contribution in [0.25, 0.3) is 11.1 Å². The quantitative estimate of drug-likeness (QED) is 0.450. The van der Waals surface area contributed by atoms with Crippen LogP contribution in [0.3, 0.4) is 0 Å². The van der Waals surface area contributed by atoms with Gasteiger partial charge in [-0.15, -0.1) is 0 Å². The monoisotopic (exact) mass is 543 g/mol. The number of anilines is 3. The van der Waals surface area contributed by atoms with E-state index in [-0.39, 0.29) is 30.3 Å². The highest BCUT2D eigenvalue weighted by Gasteiger charge is 2.26. The minimum atomic E-state index is -3.53. The standard InChI is InChI=1S/C26H27F2N5O4S/c27-21-3-6-23(28)20(13-21)17-33-24-14-19(15-29-26(24)30-16-25(33)34)18-1-4-22(5-2-18)31-38(35,36)12-9-32-7-10-37-11-8-32/h1-6,13-15,31H,7-12,16-17H2,(H,29,30). The molecule has 38 heavy (non-hydrogen) atoms. The smallest absolute Gasteiger partial charge is 0.246 e. The lowest BCUT2D eigenvalue weighted by atomic mass is 10.1. The zero-order valence-electron chi connectivity index (χ0n) is 20.5. The van der Waals surface area contributed by atoms with Crippen molar-refractivity contribution in [2.45, 2.75) is 6.54 Å². The molecule has 2 aliphatic rings. The van der Waals surface area contributed by atoms with Crippen LogP contribution in [0.2, 0.25) is 0 Å². The van der Waals surface area contributed by atoms with Gasteiger partial charge in [-0.3, -0.25) is 14.4 Å². The normalized spacial score (nSPS) is 16.2. The van der Waals surface area contributed by atoms with Gasteiger partial charge in [0.1, 0.15) is 11.6 Å². The summed E-state index contributed by atoms with van der Waals surface area (Å²) in [5.74, 6) is -1.07. The lowest BCUT2D eigenvalue weighted by molar-refractivity contribution is -0.117. The zero-order valence-corrected chi connectivity index (χ0v) is 21.3. The molecular weight excluding hydrogens is 516 g/mol. The molecule has 2 aliphatic heterocycles. The van der Waals surface area contributed by atoms with Gasteiger partial charge < -0.3 is 15.0 Å². The first-order valence-corrected chi connectivity index (χ1v) is 13.8. The number of aromatic nitrogens is 1. The third kappa shape index (κ3) is 6.09. The number of benzene rings is 2. The van der Waals surface area contributed by atoms with Gasteiger partial charge >= 0.3 is 0 Å². The Kier molecular flexibility index (Phi) is 7.54. The van der Waals surface area contributed by atoms with Crippen molar-refractivity contribution in [3.63, 3.8) is 0 Å². The first kappa shape index (κ1) is 26.0. The fourth-order valence-corrected chi connectivity index (χ4v) is 5.48. The van der Waals surface area contributed by atoms with Crippen LogP contribution in [-0.4, -0.2) is 69.4 Å². The van der Waals surface area contributed by atoms with Gasteiger partial charge in [0.25, 0.3) is 0 Å². The molecule has 5 rings (SSSR count). The van der Waals surface area contributed by atoms with Gasteiger partial charge in [-0.1, -0.05) is 12.1 Å². The van der Waals surface area contributed by atoms with E-state index in [1.54, 1.807) is 36.5 Å². The molecule has 1 amide bonds. The topological polar surface area (TPSA) is 104 Å². The van der Waals surface area contributed by atoms with Crippen LogP contribution in [0.4, 0.5) is 26.0 Å². The van der Waals surface area contributed by atoms with E-state index < -0.39 is 21.7 Å². The molecule has 0 bridgehead atoms. The number of hydrogen-bond acceptors (Lipinski definition) is 7. The molecule has 1 fully saturated rings. The van der Waals surface area contributed by atoms with Crippen molar-refractivity contribution in [1.82, 2.24) is 9.88 Å². The van der Waals surface area contributed by atoms with Crippen molar-refractivity contribution >= 4 is 33.1 Å². The van der Waals surface area contributed by atoms with Gasteiger partial charge in [0.05, 0.1) is 37.7 Å². The number of morpholine rings is 1. The first-order valence-electron chi connectivity index (χ1n) is 12.2. The van der Waals surface area contributed by atoms with E-state index in [9.17, 15) is 22.0 Å². The molecule has 0 aliphatic carbocycles. The van der Waals surface area contributed by atoms with Crippen molar-refractivity contribution in [1.29, 1.82) is 0 Å². The number of hydrogen-bond donors (Lipinski definition) is 2. The number of carbonyl (C=O) groups is 1. The average molecular weight is 544 g/mol. The van der Waals surface area contributed by atoms with E-state index >= 15 is 0 Å². The molecule has 3 heterocycles. The molecule has 0 spiro atoms. The first-order chi connectivity index (χ1) is 18.3. The predicted octanol–water partition coefficient (Wildman–Crippen LogP) is 3.06. The third-order valence-corrected chi connectivity index (χ3v) is 7.74. The van der Waals surface area contributed by atoms with Crippen molar-refractivity contribution < 1.29 is 26.7 Å². The van der Waals surface area contributed by atoms with Crippen molar-refractivity contribution in [3.8, 4) is 11.1 Å². The molecule has 1 saturated heterocycles. The van der Waals surface area contributed by atoms with Gasteiger partial charge in [0.2, 0.25) is 15.9 Å². The van der Waals surface area contributed by atoms with Crippen LogP contribution in [0.1, 0.15) is 5.56 Å². The Bertz CT molecular complexity index is 1430. The highest BCUT2D eigenvalue weighted by Crippen LogP contribution is 2.34. The van der Waals surface area contributed by atoms with Crippen LogP contribution in [0.5, 0.6) is 0 Å². The molecule has 200 valence electrons. The van der Waals surface area contributed by atoms with Crippen molar-refractivity contribution in [2.75, 3.05) is 60.1 Å². The fourth-order valence-electron chi connectivity index (χ4n) is 4.39. The second-order valence-electron chi connectivity index (χ2n) is 9.11. The van der Waals surface area contributed by atoms with Gasteiger partial charge in [0, 0.05) is 42.6 Å². The second-order valence-corrected chi connectivity index (χ2v) is 11.0. The number of rotatable bonds is 8. The summed E-state index contributed by atoms with van der Waals surface area (Å²) in [6, 6.07) is 11.7. The van der Waals surface area contributed by atoms with Gasteiger partial charge in [-0.25, -0.2) is 22.2 Å². The van der Waals surface area contributed by atoms with Gasteiger partial charge in [-0.05, 0) is 42.0 Å². The van der Waals surface area contributed by atoms with E-state index in [1.807, 2.05) is 0 Å². The van der Waals surface area contributed by atoms with Crippen molar-refractivity contribution in [2.24, 2.45) is 0 Å². The minimum absolute atomic E-state index is 0.0172. The number of sulfonamides is 1. The van der Waals surface area contributed by atoms with Crippen LogP contribution in [0, 0.1) is 11.6 Å². The molecule has 12 heteroatoms. The maximum Gasteiger partial charge on any atom is 0.246 e. The molecule has 0 radical (unpaired) electrons. The number of nitrogens with zero attached hydrogens (tertiary/aromatic N) is 3. The predicted molar refractivity (Wildman–Crippen MR) is 140 cm³/mol. The highest BCUT2D eigenvalue weighted by atomic mass is 32.2. The summed E-state index contributed by atoms with van der Waals surface area (Å²) in [7, 11) is -3.53. The SMILES string of the molecule is O=C1CNc2ncc(-c3ccc(NS(=O)(=O)CCN4CCOCC4)cc3)cc2N1Cc1cc(F)ccc1F. The summed E-state index contributed by atoms with van der Waals surface area (Å²) < 4.78 is 61.0. The lowest BCUT2D eigenvalue weighted by Crippen LogP contribution is -2.40. The molecular formula is C26H27F2N5O4S. The fraction of sp³-hybridized carbons (Fsp3) is 0.308. The third-order valence-electron chi connectivity index (χ3n) is 6.47. The summed E-state index contributed by atoms with van der Waals surface area (Å²) in [6.45, 7) is 2.92. The molecule has 2 aromatic carbocycles. The van der Waals surface area contributed by atoms with Gasteiger partial charge in [0.15, 0.2) is 5.82 Å². The van der Waals surface area contributed by atoms with Gasteiger partial charge in [-0.2, -0.15) is 0 Å². The largest absolute Gasteiger partial charge is 0.379 e. The van der Waals surface area contributed by atoms with E-state index in [2.05, 4.69) is 19.9 Å². The summed E-state index contributed by atoms with van der Waals surface area (Å²) >= 11 is 0. The number of halogens is 2. The maximum atomic E-state index is 14.3. The Hall–Kier alpha value is -3.61. The number of pyridine rings is 1. The second kappa shape index (κ2) is 11.0. The highest BCUT2D eigenvalue weighted by molar-refractivity contribution is 7.92. The Balaban J connectivity index is 1.31. The van der Waals surface area contributed by atoms with E-state index in [4.69, 9.17) is 4.74 Å². The number of carbonyl (C=O) groups excluding carboxylic acids is 1. The van der Waals surface area contributed by atoms with Crippen molar-refractivity contribution in [3.05, 3.63) is 71.9 Å². The zero-order chi connectivity index (χ0) is 26.7. The summed E-state index contributed by atoms with van der Waals surface area (Å²) in [5, 5.41) is 2.95. The Morgan fingerprint density at radius 2 is 1.79 bits per heavy atom. The number of amides is 1. The van der Waals surface area contributed by atoms with Crippen LogP contribution >= 0.6 is 0 Å². The van der Waals surface area contributed by atoms with Crippen LogP contribution in [0.15, 0.2) is 54.7 Å². The lowest BCUT2D eigenvalue weighted by Gasteiger charge is -2.30. The average Bonchev–Trinajstić information content (AvgIpc) is 2.92. The molecule has 1 aromatic heterocycles. The molecule has 9 nitrogen and oxygen atoms in total. The summed E-state index contributed by atoms with van der Waals surface area (Å²) in [6.07, 6.45) is 1.63. The Morgan fingerprint density at radius 3 is 2.55 bits per heavy atom. The number of nitrogens with one attached hydrogen (secondary N) is 2. The summed E-state index contributed by atoms with van der Waals surface area (Å²) in [5.41, 5.74) is 2.34. The summed E-state index contributed by atoms with van der Waals surface area (Å²) in [4.78, 5) is 20.5. The molecule has 3 aromatic rings. The Morgan fingerprint density at radius 1 is 1.03 bits per heavy atom. The Labute approximate surface area is 219 Å². The maximum absolute atomic E-state index is 14.3. The van der Waals surface area contributed by atoms with Crippen LogP contribution in [-0.2, 0) is 26.1 Å². The van der Waals surface area contributed by atoms with E-state index in [0.717, 1.165) is 36.9 Å². The molecule has 0 unspecified atom stereocenters. The van der Waals surface area contributed by atoms with Crippen LogP contribution < -0.4 is 14.9 Å². The number of ether oxygens (including phenoxy) is 1. The van der Waals surface area contributed by atoms with E-state index in [0.29, 0.717) is 42.5 Å².